The maximum Gasteiger partial charge on any atom is 0.265 e. The SMILES string of the molecule is C#CC1(Br)C=CC([N+](=O)[O-])=CC1. The molecule has 1 aliphatic carbocycles. The lowest BCUT2D eigenvalue weighted by atomic mass is 10.0. The van der Waals surface area contributed by atoms with Crippen LogP contribution in [0.5, 0.6) is 0 Å². The van der Waals surface area contributed by atoms with E-state index in [9.17, 15) is 10.1 Å². The van der Waals surface area contributed by atoms with Crippen LogP contribution in [0.1, 0.15) is 6.42 Å². The first kappa shape index (κ1) is 9.01. The van der Waals surface area contributed by atoms with E-state index in [1.165, 1.54) is 12.2 Å². The highest BCUT2D eigenvalue weighted by Gasteiger charge is 2.24. The van der Waals surface area contributed by atoms with Crippen LogP contribution >= 0.6 is 15.9 Å². The van der Waals surface area contributed by atoms with Crippen molar-refractivity contribution >= 4 is 15.9 Å². The van der Waals surface area contributed by atoms with E-state index in [1.807, 2.05) is 0 Å². The molecule has 0 aromatic carbocycles. The van der Waals surface area contributed by atoms with Crippen LogP contribution in [0.25, 0.3) is 0 Å². The highest BCUT2D eigenvalue weighted by molar-refractivity contribution is 9.10. The van der Waals surface area contributed by atoms with Gasteiger partial charge in [0.1, 0.15) is 4.32 Å². The van der Waals surface area contributed by atoms with Crippen molar-refractivity contribution in [3.63, 3.8) is 0 Å². The number of halogens is 1. The molecule has 0 heterocycles. The van der Waals surface area contributed by atoms with Gasteiger partial charge in [0.05, 0.1) is 4.92 Å². The number of hydrogen-bond donors (Lipinski definition) is 0. The van der Waals surface area contributed by atoms with Gasteiger partial charge in [0.25, 0.3) is 5.70 Å². The predicted octanol–water partition coefficient (Wildman–Crippen LogP) is 1.87. The van der Waals surface area contributed by atoms with Crippen LogP contribution in [0.15, 0.2) is 23.9 Å². The molecule has 0 aromatic heterocycles. The lowest BCUT2D eigenvalue weighted by Gasteiger charge is -2.16. The number of allylic oxidation sites excluding steroid dienone is 3. The van der Waals surface area contributed by atoms with Crippen molar-refractivity contribution in [1.29, 1.82) is 0 Å². The predicted molar refractivity (Wildman–Crippen MR) is 49.3 cm³/mol. The molecule has 3 nitrogen and oxygen atoms in total. The molecule has 12 heavy (non-hydrogen) atoms. The fraction of sp³-hybridized carbons (Fsp3) is 0.250. The summed E-state index contributed by atoms with van der Waals surface area (Å²) in [7, 11) is 0. The second kappa shape index (κ2) is 3.11. The molecule has 0 aliphatic heterocycles. The third kappa shape index (κ3) is 1.74. The normalized spacial score (nSPS) is 27.5. The number of hydrogen-bond acceptors (Lipinski definition) is 2. The Kier molecular flexibility index (Phi) is 2.34. The lowest BCUT2D eigenvalue weighted by molar-refractivity contribution is -0.419. The molecule has 1 rings (SSSR count). The molecule has 1 atom stereocenters. The smallest absolute Gasteiger partial charge is 0.258 e. The van der Waals surface area contributed by atoms with Gasteiger partial charge in [-0.15, -0.1) is 6.42 Å². The molecule has 62 valence electrons. The Labute approximate surface area is 78.4 Å². The van der Waals surface area contributed by atoms with Gasteiger partial charge in [-0.2, -0.15) is 0 Å². The first-order chi connectivity index (χ1) is 5.57. The third-order valence-corrected chi connectivity index (χ3v) is 2.39. The molecular formula is C8H6BrNO2. The molecule has 0 saturated carbocycles. The number of nitrogens with zero attached hydrogens (tertiary/aromatic N) is 1. The summed E-state index contributed by atoms with van der Waals surface area (Å²) in [5.41, 5.74) is 0.0975. The summed E-state index contributed by atoms with van der Waals surface area (Å²) in [6.45, 7) is 0. The molecule has 0 bridgehead atoms. The maximum atomic E-state index is 10.3. The van der Waals surface area contributed by atoms with E-state index in [-0.39, 0.29) is 5.70 Å². The topological polar surface area (TPSA) is 43.1 Å². The summed E-state index contributed by atoms with van der Waals surface area (Å²) >= 11 is 3.28. The van der Waals surface area contributed by atoms with Crippen LogP contribution in [0.3, 0.4) is 0 Å². The number of alkyl halides is 1. The van der Waals surface area contributed by atoms with Crippen molar-refractivity contribution in [3.05, 3.63) is 34.0 Å². The van der Waals surface area contributed by atoms with Gasteiger partial charge in [0.2, 0.25) is 0 Å². The van der Waals surface area contributed by atoms with Crippen LogP contribution in [-0.4, -0.2) is 9.25 Å². The van der Waals surface area contributed by atoms with E-state index in [0.717, 1.165) is 0 Å². The molecule has 0 saturated heterocycles. The zero-order chi connectivity index (χ0) is 9.19. The first-order valence-corrected chi connectivity index (χ1v) is 4.07. The highest BCUT2D eigenvalue weighted by atomic mass is 79.9. The van der Waals surface area contributed by atoms with E-state index in [0.29, 0.717) is 6.42 Å². The van der Waals surface area contributed by atoms with Gasteiger partial charge in [0.15, 0.2) is 0 Å². The largest absolute Gasteiger partial charge is 0.265 e. The molecule has 0 radical (unpaired) electrons. The minimum atomic E-state index is -0.535. The van der Waals surface area contributed by atoms with Gasteiger partial charge in [-0.05, 0) is 12.2 Å². The number of terminal acetylenes is 1. The molecular weight excluding hydrogens is 222 g/mol. The molecule has 0 fully saturated rings. The molecule has 0 N–H and O–H groups in total. The summed E-state index contributed by atoms with van der Waals surface area (Å²) in [6, 6.07) is 0. The molecule has 4 heteroatoms. The van der Waals surface area contributed by atoms with E-state index in [1.54, 1.807) is 6.08 Å². The minimum absolute atomic E-state index is 0.0975. The van der Waals surface area contributed by atoms with Crippen LogP contribution in [0, 0.1) is 22.5 Å². The van der Waals surface area contributed by atoms with Gasteiger partial charge in [-0.1, -0.05) is 21.9 Å². The molecule has 1 unspecified atom stereocenters. The van der Waals surface area contributed by atoms with E-state index < -0.39 is 9.25 Å². The second-order valence-electron chi connectivity index (χ2n) is 2.43. The summed E-state index contributed by atoms with van der Waals surface area (Å²) in [5, 5.41) is 10.3. The Hall–Kier alpha value is -1.08. The quantitative estimate of drug-likeness (QED) is 0.297. The van der Waals surface area contributed by atoms with Gasteiger partial charge < -0.3 is 0 Å². The van der Waals surface area contributed by atoms with Crippen molar-refractivity contribution in [3.8, 4) is 12.3 Å². The maximum absolute atomic E-state index is 10.3. The van der Waals surface area contributed by atoms with Gasteiger partial charge in [0, 0.05) is 12.5 Å². The fourth-order valence-electron chi connectivity index (χ4n) is 0.849. The van der Waals surface area contributed by atoms with Crippen LogP contribution < -0.4 is 0 Å². The molecule has 0 amide bonds. The van der Waals surface area contributed by atoms with E-state index in [4.69, 9.17) is 6.42 Å². The first-order valence-electron chi connectivity index (χ1n) is 3.28. The Morgan fingerprint density at radius 3 is 2.83 bits per heavy atom. The summed E-state index contributed by atoms with van der Waals surface area (Å²) < 4.78 is -0.535. The highest BCUT2D eigenvalue weighted by Crippen LogP contribution is 2.28. The van der Waals surface area contributed by atoms with E-state index in [2.05, 4.69) is 21.9 Å². The summed E-state index contributed by atoms with van der Waals surface area (Å²) in [5.74, 6) is 2.50. The summed E-state index contributed by atoms with van der Waals surface area (Å²) in [6.07, 6.45) is 10.2. The third-order valence-electron chi connectivity index (χ3n) is 1.58. The van der Waals surface area contributed by atoms with Crippen molar-refractivity contribution in [2.75, 3.05) is 0 Å². The van der Waals surface area contributed by atoms with Crippen LogP contribution in [0.4, 0.5) is 0 Å². The zero-order valence-corrected chi connectivity index (χ0v) is 7.74. The fourth-order valence-corrected chi connectivity index (χ4v) is 1.14. The van der Waals surface area contributed by atoms with Gasteiger partial charge in [-0.25, -0.2) is 0 Å². The second-order valence-corrected chi connectivity index (χ2v) is 3.85. The average molecular weight is 228 g/mol. The molecule has 0 aromatic rings. The average Bonchev–Trinajstić information content (AvgIpc) is 2.05. The van der Waals surface area contributed by atoms with Crippen molar-refractivity contribution < 1.29 is 4.92 Å². The molecule has 0 spiro atoms. The minimum Gasteiger partial charge on any atom is -0.258 e. The van der Waals surface area contributed by atoms with Crippen LogP contribution in [-0.2, 0) is 0 Å². The van der Waals surface area contributed by atoms with Crippen molar-refractivity contribution in [2.45, 2.75) is 10.7 Å². The number of nitro groups is 1. The monoisotopic (exact) mass is 227 g/mol. The van der Waals surface area contributed by atoms with Crippen LogP contribution in [0.2, 0.25) is 0 Å². The Morgan fingerprint density at radius 1 is 1.83 bits per heavy atom. The van der Waals surface area contributed by atoms with Crippen molar-refractivity contribution in [2.24, 2.45) is 0 Å². The Balaban J connectivity index is 2.82. The Bertz CT molecular complexity index is 314. The van der Waals surface area contributed by atoms with Gasteiger partial charge >= 0.3 is 0 Å². The summed E-state index contributed by atoms with van der Waals surface area (Å²) in [4.78, 5) is 9.84. The van der Waals surface area contributed by atoms with Crippen molar-refractivity contribution in [1.82, 2.24) is 0 Å². The lowest BCUT2D eigenvalue weighted by Crippen LogP contribution is -2.17. The number of rotatable bonds is 1. The Morgan fingerprint density at radius 2 is 2.50 bits per heavy atom. The molecule has 1 aliphatic rings. The standard InChI is InChI=1S/C8H6BrNO2/c1-2-8(9)5-3-7(4-6-8)10(11)12/h1,3-5H,6H2. The van der Waals surface area contributed by atoms with E-state index >= 15 is 0 Å². The zero-order valence-electron chi connectivity index (χ0n) is 6.16. The van der Waals surface area contributed by atoms with Gasteiger partial charge in [-0.3, -0.25) is 10.1 Å².